The zero-order valence-corrected chi connectivity index (χ0v) is 17.6. The van der Waals surface area contributed by atoms with E-state index < -0.39 is 0 Å². The molecule has 0 aromatic heterocycles. The fourth-order valence-electron chi connectivity index (χ4n) is 4.27. The second kappa shape index (κ2) is 12.6. The van der Waals surface area contributed by atoms with Crippen LogP contribution in [0.25, 0.3) is 0 Å². The number of aliphatic imine (C=N–C) groups is 1. The van der Waals surface area contributed by atoms with Crippen LogP contribution in [0.3, 0.4) is 0 Å². The van der Waals surface area contributed by atoms with E-state index in [9.17, 15) is 0 Å². The van der Waals surface area contributed by atoms with Gasteiger partial charge in [0.05, 0.1) is 0 Å². The van der Waals surface area contributed by atoms with Crippen molar-refractivity contribution in [3.63, 3.8) is 0 Å². The molecule has 1 aliphatic carbocycles. The zero-order valence-electron chi connectivity index (χ0n) is 17.6. The van der Waals surface area contributed by atoms with E-state index in [1.165, 1.54) is 77.8 Å². The molecule has 5 heteroatoms. The lowest BCUT2D eigenvalue weighted by Crippen LogP contribution is -2.47. The van der Waals surface area contributed by atoms with Gasteiger partial charge in [-0.15, -0.1) is 0 Å². The summed E-state index contributed by atoms with van der Waals surface area (Å²) in [7, 11) is 0. The monoisotopic (exact) mass is 365 g/mol. The van der Waals surface area contributed by atoms with Crippen molar-refractivity contribution in [1.82, 2.24) is 20.4 Å². The lowest BCUT2D eigenvalue weighted by atomic mass is 10.0. The van der Waals surface area contributed by atoms with E-state index in [0.29, 0.717) is 5.92 Å². The molecule has 0 bridgehead atoms. The Labute approximate surface area is 162 Å². The van der Waals surface area contributed by atoms with Crippen LogP contribution in [0.15, 0.2) is 4.99 Å². The van der Waals surface area contributed by atoms with Crippen molar-refractivity contribution in [3.8, 4) is 0 Å². The summed E-state index contributed by atoms with van der Waals surface area (Å²) in [5.41, 5.74) is 0. The third-order valence-corrected chi connectivity index (χ3v) is 5.94. The van der Waals surface area contributed by atoms with Gasteiger partial charge in [0.25, 0.3) is 0 Å². The summed E-state index contributed by atoms with van der Waals surface area (Å²) in [5, 5.41) is 6.94. The van der Waals surface area contributed by atoms with Crippen molar-refractivity contribution in [2.24, 2.45) is 16.8 Å². The molecule has 1 saturated carbocycles. The molecule has 1 unspecified atom stereocenters. The van der Waals surface area contributed by atoms with E-state index in [4.69, 9.17) is 4.99 Å². The molecule has 2 aliphatic rings. The SMILES string of the molecule is CCNC(=NCC(C)CN1CCN(CC)CC1)NCCCC1CCCC1. The summed E-state index contributed by atoms with van der Waals surface area (Å²) >= 11 is 0. The van der Waals surface area contributed by atoms with Crippen LogP contribution >= 0.6 is 0 Å². The van der Waals surface area contributed by atoms with Crippen LogP contribution in [0.5, 0.6) is 0 Å². The molecule has 1 aliphatic heterocycles. The molecule has 1 heterocycles. The zero-order chi connectivity index (χ0) is 18.6. The van der Waals surface area contributed by atoms with Gasteiger partial charge >= 0.3 is 0 Å². The Balaban J connectivity index is 1.62. The summed E-state index contributed by atoms with van der Waals surface area (Å²) in [6.07, 6.45) is 8.47. The first-order chi connectivity index (χ1) is 12.7. The molecule has 26 heavy (non-hydrogen) atoms. The van der Waals surface area contributed by atoms with Gasteiger partial charge in [-0.2, -0.15) is 0 Å². The van der Waals surface area contributed by atoms with Crippen molar-refractivity contribution in [1.29, 1.82) is 0 Å². The van der Waals surface area contributed by atoms with Gasteiger partial charge < -0.3 is 20.4 Å². The van der Waals surface area contributed by atoms with Crippen molar-refractivity contribution >= 4 is 5.96 Å². The quantitative estimate of drug-likeness (QED) is 0.355. The Bertz CT molecular complexity index is 384. The molecule has 2 fully saturated rings. The fraction of sp³-hybridized carbons (Fsp3) is 0.952. The largest absolute Gasteiger partial charge is 0.357 e. The minimum absolute atomic E-state index is 0.608. The molecule has 152 valence electrons. The third kappa shape index (κ3) is 8.26. The van der Waals surface area contributed by atoms with Crippen LogP contribution < -0.4 is 10.6 Å². The molecule has 0 aromatic rings. The lowest BCUT2D eigenvalue weighted by molar-refractivity contribution is 0.125. The Morgan fingerprint density at radius 3 is 2.38 bits per heavy atom. The highest BCUT2D eigenvalue weighted by atomic mass is 15.3. The average molecular weight is 366 g/mol. The first-order valence-corrected chi connectivity index (χ1v) is 11.2. The van der Waals surface area contributed by atoms with Crippen molar-refractivity contribution < 1.29 is 0 Å². The maximum absolute atomic E-state index is 4.84. The number of hydrogen-bond acceptors (Lipinski definition) is 3. The Kier molecular flexibility index (Phi) is 10.4. The Morgan fingerprint density at radius 1 is 1.04 bits per heavy atom. The number of rotatable bonds is 10. The van der Waals surface area contributed by atoms with E-state index in [0.717, 1.165) is 31.5 Å². The molecule has 2 N–H and O–H groups in total. The molecule has 0 amide bonds. The van der Waals surface area contributed by atoms with Crippen LogP contribution in [0.2, 0.25) is 0 Å². The van der Waals surface area contributed by atoms with Crippen LogP contribution in [0, 0.1) is 11.8 Å². The highest BCUT2D eigenvalue weighted by Crippen LogP contribution is 2.28. The molecule has 0 spiro atoms. The molecular formula is C21H43N5. The van der Waals surface area contributed by atoms with Gasteiger partial charge in [-0.3, -0.25) is 4.99 Å². The highest BCUT2D eigenvalue weighted by Gasteiger charge is 2.17. The van der Waals surface area contributed by atoms with Gasteiger partial charge in [-0.05, 0) is 38.1 Å². The third-order valence-electron chi connectivity index (χ3n) is 5.94. The van der Waals surface area contributed by atoms with E-state index in [1.807, 2.05) is 0 Å². The lowest BCUT2D eigenvalue weighted by Gasteiger charge is -2.35. The van der Waals surface area contributed by atoms with Crippen molar-refractivity contribution in [2.45, 2.75) is 59.3 Å². The normalized spacial score (nSPS) is 21.9. The van der Waals surface area contributed by atoms with Crippen LogP contribution in [-0.4, -0.2) is 74.7 Å². The Hall–Kier alpha value is -0.810. The molecule has 2 rings (SSSR count). The first kappa shape index (κ1) is 21.5. The summed E-state index contributed by atoms with van der Waals surface area (Å²) < 4.78 is 0. The predicted molar refractivity (Wildman–Crippen MR) is 113 cm³/mol. The first-order valence-electron chi connectivity index (χ1n) is 11.2. The minimum Gasteiger partial charge on any atom is -0.357 e. The van der Waals surface area contributed by atoms with Crippen molar-refractivity contribution in [2.75, 3.05) is 58.9 Å². The molecule has 5 nitrogen and oxygen atoms in total. The number of hydrogen-bond donors (Lipinski definition) is 2. The van der Waals surface area contributed by atoms with Gasteiger partial charge in [0.2, 0.25) is 0 Å². The number of nitrogens with zero attached hydrogens (tertiary/aromatic N) is 3. The van der Waals surface area contributed by atoms with Gasteiger partial charge in [0.1, 0.15) is 0 Å². The number of guanidine groups is 1. The Morgan fingerprint density at radius 2 is 1.73 bits per heavy atom. The second-order valence-corrected chi connectivity index (χ2v) is 8.28. The van der Waals surface area contributed by atoms with Crippen molar-refractivity contribution in [3.05, 3.63) is 0 Å². The summed E-state index contributed by atoms with van der Waals surface area (Å²) in [6, 6.07) is 0. The minimum atomic E-state index is 0.608. The van der Waals surface area contributed by atoms with Crippen LogP contribution in [0.4, 0.5) is 0 Å². The maximum atomic E-state index is 4.84. The van der Waals surface area contributed by atoms with Gasteiger partial charge in [0.15, 0.2) is 5.96 Å². The fourth-order valence-corrected chi connectivity index (χ4v) is 4.27. The van der Waals surface area contributed by atoms with E-state index in [1.54, 1.807) is 0 Å². The van der Waals surface area contributed by atoms with E-state index >= 15 is 0 Å². The molecular weight excluding hydrogens is 322 g/mol. The molecule has 0 radical (unpaired) electrons. The standard InChI is InChI=1S/C21H43N5/c1-4-22-21(23-12-8-11-20-9-6-7-10-20)24-17-19(3)18-26-15-13-25(5-2)14-16-26/h19-20H,4-18H2,1-3H3,(H2,22,23,24). The molecule has 0 aromatic carbocycles. The highest BCUT2D eigenvalue weighted by molar-refractivity contribution is 5.79. The average Bonchev–Trinajstić information content (AvgIpc) is 3.17. The van der Waals surface area contributed by atoms with Gasteiger partial charge in [0, 0.05) is 52.4 Å². The summed E-state index contributed by atoms with van der Waals surface area (Å²) in [6.45, 7) is 16.8. The second-order valence-electron chi connectivity index (χ2n) is 8.28. The number of nitrogens with one attached hydrogen (secondary N) is 2. The smallest absolute Gasteiger partial charge is 0.191 e. The summed E-state index contributed by atoms with van der Waals surface area (Å²) in [4.78, 5) is 9.98. The molecule has 1 atom stereocenters. The molecule has 1 saturated heterocycles. The van der Waals surface area contributed by atoms with E-state index in [-0.39, 0.29) is 0 Å². The number of likely N-dealkylation sites (N-methyl/N-ethyl adjacent to an activating group) is 1. The predicted octanol–water partition coefficient (Wildman–Crippen LogP) is 2.79. The van der Waals surface area contributed by atoms with E-state index in [2.05, 4.69) is 41.2 Å². The van der Waals surface area contributed by atoms with Gasteiger partial charge in [-0.25, -0.2) is 0 Å². The topological polar surface area (TPSA) is 42.9 Å². The van der Waals surface area contributed by atoms with Gasteiger partial charge in [-0.1, -0.05) is 39.5 Å². The maximum Gasteiger partial charge on any atom is 0.191 e. The van der Waals surface area contributed by atoms with Crippen LogP contribution in [-0.2, 0) is 0 Å². The number of piperazine rings is 1. The summed E-state index contributed by atoms with van der Waals surface area (Å²) in [5.74, 6) is 2.60. The van der Waals surface area contributed by atoms with Crippen LogP contribution in [0.1, 0.15) is 59.3 Å².